The molecule has 3 aliphatic heterocycles. The molecular weight excluding hydrogens is 298 g/mol. The van der Waals surface area contributed by atoms with Gasteiger partial charge in [0.2, 0.25) is 0 Å². The summed E-state index contributed by atoms with van der Waals surface area (Å²) in [5, 5.41) is 23.2. The van der Waals surface area contributed by atoms with Crippen molar-refractivity contribution in [3.8, 4) is 17.2 Å². The van der Waals surface area contributed by atoms with E-state index in [1.165, 1.54) is 0 Å². The Balaban J connectivity index is 1.83. The Morgan fingerprint density at radius 1 is 1.09 bits per heavy atom. The number of carboxylic acids is 1. The van der Waals surface area contributed by atoms with Crippen LogP contribution >= 0.6 is 0 Å². The average Bonchev–Trinajstić information content (AvgIpc) is 3.05. The molecule has 0 spiro atoms. The van der Waals surface area contributed by atoms with E-state index in [0.29, 0.717) is 31.9 Å². The molecule has 4 rings (SSSR count). The number of aliphatic carboxylic acids is 1. The molecule has 0 aliphatic carbocycles. The molecule has 0 aromatic heterocycles. The second kappa shape index (κ2) is 5.60. The fraction of sp³-hybridized carbons (Fsp3) is 0.588. The largest absolute Gasteiger partial charge is 0.504 e. The number of aromatic hydroxyl groups is 1. The normalized spacial score (nSPS) is 25.9. The fourth-order valence-electron chi connectivity index (χ4n) is 3.97. The Morgan fingerprint density at radius 2 is 1.78 bits per heavy atom. The molecule has 1 fully saturated rings. The van der Waals surface area contributed by atoms with Crippen LogP contribution in [-0.4, -0.2) is 35.9 Å². The standard InChI is InChI=1S/C17H21NO5/c19-14-11-4-2-5-22-15(11)13(10-3-1-6-23-16(10)14)12-7-9(8-18-12)17(20)21/h9,12,18-19H,1-8H2,(H,20,21). The third kappa shape index (κ3) is 2.32. The summed E-state index contributed by atoms with van der Waals surface area (Å²) < 4.78 is 11.7. The van der Waals surface area contributed by atoms with Crippen LogP contribution in [0, 0.1) is 5.92 Å². The first-order valence-corrected chi connectivity index (χ1v) is 8.29. The first-order valence-electron chi connectivity index (χ1n) is 8.29. The van der Waals surface area contributed by atoms with Gasteiger partial charge in [-0.25, -0.2) is 0 Å². The molecule has 0 bridgehead atoms. The molecule has 3 heterocycles. The number of hydrogen-bond donors (Lipinski definition) is 3. The van der Waals surface area contributed by atoms with Crippen LogP contribution in [0.3, 0.4) is 0 Å². The van der Waals surface area contributed by atoms with Gasteiger partial charge in [-0.2, -0.15) is 0 Å². The highest BCUT2D eigenvalue weighted by molar-refractivity contribution is 5.71. The van der Waals surface area contributed by atoms with Gasteiger partial charge in [0.1, 0.15) is 5.75 Å². The first kappa shape index (κ1) is 14.6. The van der Waals surface area contributed by atoms with Crippen molar-refractivity contribution in [2.75, 3.05) is 19.8 Å². The Kier molecular flexibility index (Phi) is 3.56. The number of phenols is 1. The number of fused-ring (bicyclic) bond motifs is 2. The summed E-state index contributed by atoms with van der Waals surface area (Å²) >= 11 is 0. The third-order valence-corrected chi connectivity index (χ3v) is 5.08. The highest BCUT2D eigenvalue weighted by Crippen LogP contribution is 2.50. The van der Waals surface area contributed by atoms with E-state index >= 15 is 0 Å². The molecule has 0 saturated carbocycles. The molecule has 1 aromatic rings. The van der Waals surface area contributed by atoms with Gasteiger partial charge < -0.3 is 25.0 Å². The topological polar surface area (TPSA) is 88.0 Å². The summed E-state index contributed by atoms with van der Waals surface area (Å²) in [4.78, 5) is 11.3. The lowest BCUT2D eigenvalue weighted by Gasteiger charge is -2.31. The van der Waals surface area contributed by atoms with Crippen molar-refractivity contribution in [3.63, 3.8) is 0 Å². The fourth-order valence-corrected chi connectivity index (χ4v) is 3.97. The van der Waals surface area contributed by atoms with Crippen molar-refractivity contribution in [3.05, 3.63) is 16.7 Å². The highest BCUT2D eigenvalue weighted by atomic mass is 16.5. The van der Waals surface area contributed by atoms with Gasteiger partial charge in [-0.3, -0.25) is 4.79 Å². The molecule has 2 atom stereocenters. The monoisotopic (exact) mass is 319 g/mol. The molecule has 124 valence electrons. The van der Waals surface area contributed by atoms with Crippen LogP contribution in [0.5, 0.6) is 17.2 Å². The number of nitrogens with one attached hydrogen (secondary N) is 1. The maximum atomic E-state index is 11.3. The predicted molar refractivity (Wildman–Crippen MR) is 82.2 cm³/mol. The molecule has 1 saturated heterocycles. The summed E-state index contributed by atoms with van der Waals surface area (Å²) in [6.07, 6.45) is 3.90. The molecule has 0 radical (unpaired) electrons. The van der Waals surface area contributed by atoms with Gasteiger partial charge in [-0.05, 0) is 32.1 Å². The van der Waals surface area contributed by atoms with Crippen molar-refractivity contribution >= 4 is 5.97 Å². The zero-order valence-electron chi connectivity index (χ0n) is 12.9. The number of carbonyl (C=O) groups is 1. The second-order valence-electron chi connectivity index (χ2n) is 6.51. The number of phenolic OH excluding ortho intramolecular Hbond substituents is 1. The van der Waals surface area contributed by atoms with Gasteiger partial charge in [-0.1, -0.05) is 0 Å². The summed E-state index contributed by atoms with van der Waals surface area (Å²) in [6.45, 7) is 1.70. The van der Waals surface area contributed by atoms with Gasteiger partial charge in [0.25, 0.3) is 0 Å². The van der Waals surface area contributed by atoms with Crippen LogP contribution in [0.15, 0.2) is 0 Å². The van der Waals surface area contributed by atoms with E-state index in [0.717, 1.165) is 48.1 Å². The molecular formula is C17H21NO5. The van der Waals surface area contributed by atoms with Crippen LogP contribution < -0.4 is 14.8 Å². The van der Waals surface area contributed by atoms with Gasteiger partial charge in [0, 0.05) is 29.3 Å². The number of benzene rings is 1. The zero-order chi connectivity index (χ0) is 16.0. The predicted octanol–water partition coefficient (Wildman–Crippen LogP) is 1.78. The van der Waals surface area contributed by atoms with E-state index in [9.17, 15) is 15.0 Å². The van der Waals surface area contributed by atoms with Crippen LogP contribution in [0.1, 0.15) is 42.0 Å². The van der Waals surface area contributed by atoms with E-state index in [1.807, 2.05) is 0 Å². The summed E-state index contributed by atoms with van der Waals surface area (Å²) in [6, 6.07) is -0.0565. The summed E-state index contributed by atoms with van der Waals surface area (Å²) in [5.74, 6) is 0.399. The van der Waals surface area contributed by atoms with Crippen molar-refractivity contribution in [1.29, 1.82) is 0 Å². The molecule has 3 aliphatic rings. The molecule has 3 N–H and O–H groups in total. The minimum Gasteiger partial charge on any atom is -0.504 e. The minimum atomic E-state index is -0.765. The van der Waals surface area contributed by atoms with E-state index in [2.05, 4.69) is 5.32 Å². The molecule has 2 unspecified atom stereocenters. The number of rotatable bonds is 2. The highest BCUT2D eigenvalue weighted by Gasteiger charge is 2.37. The maximum Gasteiger partial charge on any atom is 0.307 e. The van der Waals surface area contributed by atoms with Crippen LogP contribution in [-0.2, 0) is 17.6 Å². The lowest BCUT2D eigenvalue weighted by molar-refractivity contribution is -0.141. The van der Waals surface area contributed by atoms with E-state index in [-0.39, 0.29) is 17.7 Å². The first-order chi connectivity index (χ1) is 11.2. The summed E-state index contributed by atoms with van der Waals surface area (Å²) in [7, 11) is 0. The average molecular weight is 319 g/mol. The van der Waals surface area contributed by atoms with Gasteiger partial charge in [-0.15, -0.1) is 0 Å². The quantitative estimate of drug-likeness (QED) is 0.770. The molecule has 6 heteroatoms. The van der Waals surface area contributed by atoms with Gasteiger partial charge >= 0.3 is 5.97 Å². The minimum absolute atomic E-state index is 0.0565. The van der Waals surface area contributed by atoms with E-state index in [1.54, 1.807) is 0 Å². The Hall–Kier alpha value is -1.95. The SMILES string of the molecule is O=C(O)C1CNC(c2c3c(c(O)c4c2OCCC4)OCCC3)C1. The van der Waals surface area contributed by atoms with Gasteiger partial charge in [0.05, 0.1) is 19.1 Å². The molecule has 6 nitrogen and oxygen atoms in total. The van der Waals surface area contributed by atoms with Crippen molar-refractivity contribution in [1.82, 2.24) is 5.32 Å². The number of ether oxygens (including phenoxy) is 2. The maximum absolute atomic E-state index is 11.3. The lowest BCUT2D eigenvalue weighted by atomic mass is 9.87. The van der Waals surface area contributed by atoms with E-state index < -0.39 is 5.97 Å². The lowest BCUT2D eigenvalue weighted by Crippen LogP contribution is -2.22. The van der Waals surface area contributed by atoms with Crippen LogP contribution in [0.4, 0.5) is 0 Å². The van der Waals surface area contributed by atoms with E-state index in [4.69, 9.17) is 9.47 Å². The summed E-state index contributed by atoms with van der Waals surface area (Å²) in [5.41, 5.74) is 2.81. The van der Waals surface area contributed by atoms with Crippen molar-refractivity contribution in [2.24, 2.45) is 5.92 Å². The number of carboxylic acid groups (broad SMARTS) is 1. The van der Waals surface area contributed by atoms with Crippen molar-refractivity contribution < 1.29 is 24.5 Å². The van der Waals surface area contributed by atoms with Crippen LogP contribution in [0.2, 0.25) is 0 Å². The third-order valence-electron chi connectivity index (χ3n) is 5.08. The Labute approximate surface area is 134 Å². The Morgan fingerprint density at radius 3 is 2.48 bits per heavy atom. The smallest absolute Gasteiger partial charge is 0.307 e. The Bertz CT molecular complexity index is 620. The molecule has 23 heavy (non-hydrogen) atoms. The number of hydrogen-bond acceptors (Lipinski definition) is 5. The van der Waals surface area contributed by atoms with Gasteiger partial charge in [0.15, 0.2) is 11.5 Å². The van der Waals surface area contributed by atoms with Crippen molar-refractivity contribution in [2.45, 2.75) is 38.1 Å². The second-order valence-corrected chi connectivity index (χ2v) is 6.51. The molecule has 1 aromatic carbocycles. The van der Waals surface area contributed by atoms with Crippen LogP contribution in [0.25, 0.3) is 0 Å². The molecule has 0 amide bonds. The zero-order valence-corrected chi connectivity index (χ0v) is 12.9.